The number of anilines is 1. The lowest BCUT2D eigenvalue weighted by molar-refractivity contribution is 0.426. The van der Waals surface area contributed by atoms with Crippen LogP contribution in [0.1, 0.15) is 5.82 Å². The molecule has 0 aliphatic heterocycles. The van der Waals surface area contributed by atoms with Crippen molar-refractivity contribution in [2.24, 2.45) is 0 Å². The molecule has 0 spiro atoms. The van der Waals surface area contributed by atoms with Crippen molar-refractivity contribution in [2.75, 3.05) is 5.73 Å². The zero-order valence-corrected chi connectivity index (χ0v) is 11.4. The second kappa shape index (κ2) is 5.04. The Balaban J connectivity index is 1.67. The fourth-order valence-electron chi connectivity index (χ4n) is 1.22. The van der Waals surface area contributed by atoms with E-state index in [0.29, 0.717) is 22.6 Å². The molecule has 0 amide bonds. The van der Waals surface area contributed by atoms with Crippen LogP contribution in [0.4, 0.5) is 5.13 Å². The number of hydrogen-bond acceptors (Lipinski definition) is 9. The summed E-state index contributed by atoms with van der Waals surface area (Å²) in [4.78, 5) is 5.28. The summed E-state index contributed by atoms with van der Waals surface area (Å²) in [6.45, 7) is 0. The van der Waals surface area contributed by atoms with Crippen molar-refractivity contribution in [1.82, 2.24) is 20.3 Å². The Morgan fingerprint density at radius 3 is 3.06 bits per heavy atom. The molecule has 0 radical (unpaired) electrons. The van der Waals surface area contributed by atoms with Crippen LogP contribution in [0, 0.1) is 0 Å². The monoisotopic (exact) mass is 297 g/mol. The first-order valence-electron chi connectivity index (χ1n) is 4.89. The maximum absolute atomic E-state index is 5.50. The van der Waals surface area contributed by atoms with Gasteiger partial charge < -0.3 is 10.3 Å². The molecule has 3 aromatic rings. The van der Waals surface area contributed by atoms with Crippen LogP contribution in [0.5, 0.6) is 0 Å². The van der Waals surface area contributed by atoms with Gasteiger partial charge in [-0.3, -0.25) is 0 Å². The molecule has 18 heavy (non-hydrogen) atoms. The number of nitrogens with zero attached hydrogens (tertiary/aromatic N) is 4. The first-order chi connectivity index (χ1) is 8.81. The van der Waals surface area contributed by atoms with Crippen LogP contribution in [0.3, 0.4) is 0 Å². The van der Waals surface area contributed by atoms with E-state index in [0.717, 1.165) is 9.22 Å². The van der Waals surface area contributed by atoms with Crippen molar-refractivity contribution in [3.63, 3.8) is 0 Å². The summed E-state index contributed by atoms with van der Waals surface area (Å²) in [5.74, 6) is 1.78. The minimum Gasteiger partial charge on any atom is -0.374 e. The number of thiophene rings is 1. The van der Waals surface area contributed by atoms with Gasteiger partial charge in [-0.15, -0.1) is 21.5 Å². The van der Waals surface area contributed by atoms with E-state index in [1.54, 1.807) is 11.3 Å². The van der Waals surface area contributed by atoms with Crippen LogP contribution >= 0.6 is 34.4 Å². The van der Waals surface area contributed by atoms with E-state index in [9.17, 15) is 0 Å². The van der Waals surface area contributed by atoms with Crippen LogP contribution in [-0.2, 0) is 5.75 Å². The molecule has 0 fully saturated rings. The van der Waals surface area contributed by atoms with Crippen LogP contribution in [-0.4, -0.2) is 20.3 Å². The molecule has 0 saturated carbocycles. The Morgan fingerprint density at radius 2 is 2.33 bits per heavy atom. The molecule has 3 rings (SSSR count). The summed E-state index contributed by atoms with van der Waals surface area (Å²) >= 11 is 4.40. The number of aromatic nitrogens is 4. The lowest BCUT2D eigenvalue weighted by Gasteiger charge is -1.88. The third-order valence-electron chi connectivity index (χ3n) is 1.95. The van der Waals surface area contributed by atoms with Crippen molar-refractivity contribution >= 4 is 39.6 Å². The van der Waals surface area contributed by atoms with Gasteiger partial charge in [-0.25, -0.2) is 0 Å². The van der Waals surface area contributed by atoms with E-state index in [4.69, 9.17) is 10.3 Å². The molecular formula is C9H7N5OS3. The summed E-state index contributed by atoms with van der Waals surface area (Å²) < 4.78 is 5.98. The van der Waals surface area contributed by atoms with E-state index >= 15 is 0 Å². The molecule has 0 atom stereocenters. The first-order valence-corrected chi connectivity index (χ1v) is 7.57. The Labute approximate surface area is 114 Å². The molecule has 2 N–H and O–H groups in total. The highest BCUT2D eigenvalue weighted by Crippen LogP contribution is 2.27. The highest BCUT2D eigenvalue weighted by molar-refractivity contribution is 8.00. The molecule has 0 aromatic carbocycles. The van der Waals surface area contributed by atoms with Crippen LogP contribution in [0.2, 0.25) is 0 Å². The fourth-order valence-corrected chi connectivity index (χ4v) is 3.34. The molecule has 92 valence electrons. The second-order valence-electron chi connectivity index (χ2n) is 3.19. The minimum atomic E-state index is 0.463. The Morgan fingerprint density at radius 1 is 1.39 bits per heavy atom. The van der Waals surface area contributed by atoms with Crippen molar-refractivity contribution in [3.05, 3.63) is 23.3 Å². The van der Waals surface area contributed by atoms with Crippen molar-refractivity contribution < 1.29 is 4.52 Å². The number of nitrogens with two attached hydrogens (primary N) is 1. The third-order valence-corrected chi connectivity index (χ3v) is 4.69. The maximum Gasteiger partial charge on any atom is 0.268 e. The van der Waals surface area contributed by atoms with Gasteiger partial charge in [-0.2, -0.15) is 4.98 Å². The smallest absolute Gasteiger partial charge is 0.268 e. The summed E-state index contributed by atoms with van der Waals surface area (Å²) in [5.41, 5.74) is 5.50. The topological polar surface area (TPSA) is 90.7 Å². The number of hydrogen-bond donors (Lipinski definition) is 1. The van der Waals surface area contributed by atoms with Gasteiger partial charge in [0.25, 0.3) is 5.89 Å². The average Bonchev–Trinajstić information content (AvgIpc) is 3.07. The maximum atomic E-state index is 5.50. The lowest BCUT2D eigenvalue weighted by atomic mass is 10.5. The summed E-state index contributed by atoms with van der Waals surface area (Å²) in [6.07, 6.45) is 0. The van der Waals surface area contributed by atoms with Gasteiger partial charge in [0.15, 0.2) is 10.2 Å². The largest absolute Gasteiger partial charge is 0.374 e. The molecular weight excluding hydrogens is 290 g/mol. The zero-order valence-electron chi connectivity index (χ0n) is 8.94. The van der Waals surface area contributed by atoms with Gasteiger partial charge in [0.1, 0.15) is 0 Å². The highest BCUT2D eigenvalue weighted by Gasteiger charge is 2.11. The van der Waals surface area contributed by atoms with E-state index in [1.165, 1.54) is 23.1 Å². The molecule has 9 heteroatoms. The van der Waals surface area contributed by atoms with Crippen LogP contribution in [0.25, 0.3) is 10.8 Å². The zero-order chi connectivity index (χ0) is 12.4. The standard InChI is InChI=1S/C9H7N5OS3/c10-8-12-13-9(18-8)17-4-6-11-7(15-14-6)5-2-1-3-16-5/h1-3H,4H2,(H2,10,12). The Kier molecular flexibility index (Phi) is 3.26. The number of rotatable bonds is 4. The van der Waals surface area contributed by atoms with E-state index in [-0.39, 0.29) is 0 Å². The second-order valence-corrected chi connectivity index (χ2v) is 6.37. The van der Waals surface area contributed by atoms with E-state index in [1.807, 2.05) is 17.5 Å². The Hall–Kier alpha value is -1.45. The molecule has 3 heterocycles. The van der Waals surface area contributed by atoms with Crippen LogP contribution < -0.4 is 5.73 Å². The molecule has 3 aromatic heterocycles. The van der Waals surface area contributed by atoms with Crippen molar-refractivity contribution in [2.45, 2.75) is 10.1 Å². The highest BCUT2D eigenvalue weighted by atomic mass is 32.2. The van der Waals surface area contributed by atoms with Crippen molar-refractivity contribution in [1.29, 1.82) is 0 Å². The average molecular weight is 297 g/mol. The van der Waals surface area contributed by atoms with Gasteiger partial charge in [-0.1, -0.05) is 34.3 Å². The van der Waals surface area contributed by atoms with Gasteiger partial charge >= 0.3 is 0 Å². The SMILES string of the molecule is Nc1nnc(SCc2noc(-c3cccs3)n2)s1. The summed E-state index contributed by atoms with van der Waals surface area (Å²) in [7, 11) is 0. The molecule has 0 aliphatic rings. The van der Waals surface area contributed by atoms with Gasteiger partial charge in [0, 0.05) is 0 Å². The summed E-state index contributed by atoms with van der Waals surface area (Å²) in [6, 6.07) is 3.89. The first kappa shape index (κ1) is 11.6. The third kappa shape index (κ3) is 2.52. The molecule has 6 nitrogen and oxygen atoms in total. The molecule has 0 unspecified atom stereocenters. The normalized spacial score (nSPS) is 10.9. The van der Waals surface area contributed by atoms with E-state index < -0.39 is 0 Å². The molecule has 0 bridgehead atoms. The fraction of sp³-hybridized carbons (Fsp3) is 0.111. The van der Waals surface area contributed by atoms with E-state index in [2.05, 4.69) is 20.3 Å². The number of nitrogen functional groups attached to an aromatic ring is 1. The summed E-state index contributed by atoms with van der Waals surface area (Å²) in [5, 5.41) is 14.0. The van der Waals surface area contributed by atoms with Crippen LogP contribution in [0.15, 0.2) is 26.4 Å². The Bertz CT molecular complexity index is 632. The predicted molar refractivity (Wildman–Crippen MR) is 71.5 cm³/mol. The predicted octanol–water partition coefficient (Wildman–Crippen LogP) is 2.52. The van der Waals surface area contributed by atoms with Gasteiger partial charge in [-0.05, 0) is 11.4 Å². The minimum absolute atomic E-state index is 0.463. The van der Waals surface area contributed by atoms with Gasteiger partial charge in [0.05, 0.1) is 10.6 Å². The molecule has 0 aliphatic carbocycles. The van der Waals surface area contributed by atoms with Gasteiger partial charge in [0.2, 0.25) is 5.13 Å². The number of thioether (sulfide) groups is 1. The lowest BCUT2D eigenvalue weighted by Crippen LogP contribution is -1.83. The van der Waals surface area contributed by atoms with Crippen molar-refractivity contribution in [3.8, 4) is 10.8 Å². The molecule has 0 saturated heterocycles. The quantitative estimate of drug-likeness (QED) is 0.740.